The lowest BCUT2D eigenvalue weighted by molar-refractivity contribution is -0.117. The summed E-state index contributed by atoms with van der Waals surface area (Å²) in [5.74, 6) is -0.413. The Bertz CT molecular complexity index is 1370. The van der Waals surface area contributed by atoms with Crippen LogP contribution in [0.4, 0.5) is 11.4 Å². The van der Waals surface area contributed by atoms with E-state index in [4.69, 9.17) is 4.74 Å². The molecule has 1 aliphatic rings. The molecule has 3 aromatic carbocycles. The van der Waals surface area contributed by atoms with E-state index in [0.29, 0.717) is 12.0 Å². The molecule has 182 valence electrons. The van der Waals surface area contributed by atoms with Crippen LogP contribution < -0.4 is 10.2 Å². The SMILES string of the molecule is COC(=O)c1ccc(-c2ccc3c(c2)[C@@H](Nc2ccc(S(C)(=O)=O)cc2)C[C@@H](C)N3C(C)=O)cc1. The number of hydrogen-bond donors (Lipinski definition) is 1. The van der Waals surface area contributed by atoms with E-state index in [9.17, 15) is 18.0 Å². The van der Waals surface area contributed by atoms with Crippen molar-refractivity contribution < 1.29 is 22.7 Å². The molecule has 0 saturated carbocycles. The molecule has 0 unspecified atom stereocenters. The van der Waals surface area contributed by atoms with Crippen LogP contribution in [-0.4, -0.2) is 39.7 Å². The van der Waals surface area contributed by atoms with Crippen LogP contribution in [0.5, 0.6) is 0 Å². The lowest BCUT2D eigenvalue weighted by Gasteiger charge is -2.39. The molecule has 7 nitrogen and oxygen atoms in total. The molecule has 35 heavy (non-hydrogen) atoms. The molecular formula is C27H28N2O5S. The Hall–Kier alpha value is -3.65. The average molecular weight is 493 g/mol. The Morgan fingerprint density at radius 3 is 2.17 bits per heavy atom. The standard InChI is InChI=1S/C27H28N2O5S/c1-17-15-25(28-22-10-12-23(13-11-22)35(4,32)33)24-16-21(9-14-26(24)29(17)18(2)30)19-5-7-20(8-6-19)27(31)34-3/h5-14,16-17,25,28H,15H2,1-4H3/t17-,25+/m1/s1. The first-order valence-electron chi connectivity index (χ1n) is 11.3. The minimum Gasteiger partial charge on any atom is -0.465 e. The van der Waals surface area contributed by atoms with E-state index in [1.807, 2.05) is 36.1 Å². The summed E-state index contributed by atoms with van der Waals surface area (Å²) >= 11 is 0. The van der Waals surface area contributed by atoms with Gasteiger partial charge >= 0.3 is 5.97 Å². The molecular weight excluding hydrogens is 464 g/mol. The third kappa shape index (κ3) is 5.07. The van der Waals surface area contributed by atoms with Gasteiger partial charge in [0.2, 0.25) is 5.91 Å². The van der Waals surface area contributed by atoms with Crippen molar-refractivity contribution in [3.05, 3.63) is 77.9 Å². The highest BCUT2D eigenvalue weighted by atomic mass is 32.2. The lowest BCUT2D eigenvalue weighted by atomic mass is 9.88. The number of amides is 1. The van der Waals surface area contributed by atoms with Crippen molar-refractivity contribution in [1.29, 1.82) is 0 Å². The number of rotatable bonds is 5. The van der Waals surface area contributed by atoms with Crippen molar-refractivity contribution in [2.75, 3.05) is 23.6 Å². The molecule has 1 amide bonds. The third-order valence-corrected chi connectivity index (χ3v) is 7.41. The summed E-state index contributed by atoms with van der Waals surface area (Å²) in [7, 11) is -1.92. The minimum atomic E-state index is -3.27. The number of ether oxygens (including phenoxy) is 1. The molecule has 4 rings (SSSR count). The van der Waals surface area contributed by atoms with E-state index in [1.165, 1.54) is 13.4 Å². The van der Waals surface area contributed by atoms with Crippen molar-refractivity contribution in [3.8, 4) is 11.1 Å². The molecule has 1 N–H and O–H groups in total. The van der Waals surface area contributed by atoms with Gasteiger partial charge in [-0.3, -0.25) is 4.79 Å². The molecule has 0 saturated heterocycles. The minimum absolute atomic E-state index is 0.0158. The van der Waals surface area contributed by atoms with Gasteiger partial charge in [-0.1, -0.05) is 18.2 Å². The van der Waals surface area contributed by atoms with E-state index in [0.717, 1.165) is 28.1 Å². The number of methoxy groups -OCH3 is 1. The summed E-state index contributed by atoms with van der Waals surface area (Å²) in [6.07, 6.45) is 1.87. The number of carbonyl (C=O) groups excluding carboxylic acids is 2. The number of benzene rings is 3. The van der Waals surface area contributed by atoms with Gasteiger partial charge in [0.05, 0.1) is 23.6 Å². The molecule has 3 aromatic rings. The smallest absolute Gasteiger partial charge is 0.337 e. The van der Waals surface area contributed by atoms with E-state index in [2.05, 4.69) is 11.4 Å². The molecule has 8 heteroatoms. The van der Waals surface area contributed by atoms with E-state index in [1.54, 1.807) is 43.3 Å². The van der Waals surface area contributed by atoms with Crippen molar-refractivity contribution >= 4 is 33.1 Å². The summed E-state index contributed by atoms with van der Waals surface area (Å²) in [6, 6.07) is 19.8. The predicted molar refractivity (Wildman–Crippen MR) is 136 cm³/mol. The molecule has 0 bridgehead atoms. The zero-order chi connectivity index (χ0) is 25.3. The highest BCUT2D eigenvalue weighted by Crippen LogP contribution is 2.41. The van der Waals surface area contributed by atoms with Crippen LogP contribution >= 0.6 is 0 Å². The van der Waals surface area contributed by atoms with Gasteiger partial charge in [-0.15, -0.1) is 0 Å². The number of carbonyl (C=O) groups is 2. The first-order valence-corrected chi connectivity index (χ1v) is 13.2. The molecule has 0 spiro atoms. The molecule has 0 fully saturated rings. The van der Waals surface area contributed by atoms with Gasteiger partial charge in [-0.05, 0) is 78.6 Å². The zero-order valence-corrected chi connectivity index (χ0v) is 20.9. The number of sulfone groups is 1. The Kier molecular flexibility index (Phi) is 6.67. The first-order chi connectivity index (χ1) is 16.6. The van der Waals surface area contributed by atoms with E-state index < -0.39 is 9.84 Å². The number of hydrogen-bond acceptors (Lipinski definition) is 6. The molecule has 0 aliphatic carbocycles. The number of anilines is 2. The van der Waals surface area contributed by atoms with Crippen molar-refractivity contribution in [3.63, 3.8) is 0 Å². The topological polar surface area (TPSA) is 92.8 Å². The van der Waals surface area contributed by atoms with Crippen LogP contribution in [0.2, 0.25) is 0 Å². The quantitative estimate of drug-likeness (QED) is 0.512. The fraction of sp³-hybridized carbons (Fsp3) is 0.259. The monoisotopic (exact) mass is 492 g/mol. The molecule has 2 atom stereocenters. The summed E-state index contributed by atoms with van der Waals surface area (Å²) in [5.41, 5.74) is 4.98. The van der Waals surface area contributed by atoms with Gasteiger partial charge in [0, 0.05) is 30.6 Å². The summed E-state index contributed by atoms with van der Waals surface area (Å²) in [5, 5.41) is 3.52. The fourth-order valence-electron chi connectivity index (χ4n) is 4.58. The molecule has 1 aliphatic heterocycles. The lowest BCUT2D eigenvalue weighted by Crippen LogP contribution is -2.43. The van der Waals surface area contributed by atoms with Gasteiger partial charge in [0.25, 0.3) is 0 Å². The normalized spacial score (nSPS) is 17.4. The maximum atomic E-state index is 12.5. The fourth-order valence-corrected chi connectivity index (χ4v) is 5.21. The summed E-state index contributed by atoms with van der Waals surface area (Å²) in [4.78, 5) is 26.3. The van der Waals surface area contributed by atoms with Crippen LogP contribution in [0, 0.1) is 0 Å². The van der Waals surface area contributed by atoms with Crippen molar-refractivity contribution in [2.45, 2.75) is 37.2 Å². The Morgan fingerprint density at radius 1 is 0.971 bits per heavy atom. The van der Waals surface area contributed by atoms with Crippen LogP contribution in [0.15, 0.2) is 71.6 Å². The average Bonchev–Trinajstić information content (AvgIpc) is 2.83. The Morgan fingerprint density at radius 2 is 1.60 bits per heavy atom. The number of nitrogens with one attached hydrogen (secondary N) is 1. The summed E-state index contributed by atoms with van der Waals surface area (Å²) in [6.45, 7) is 3.59. The van der Waals surface area contributed by atoms with Crippen LogP contribution in [0.25, 0.3) is 11.1 Å². The Balaban J connectivity index is 1.71. The van der Waals surface area contributed by atoms with Gasteiger partial charge in [0.1, 0.15) is 0 Å². The second-order valence-corrected chi connectivity index (χ2v) is 10.8. The largest absolute Gasteiger partial charge is 0.465 e. The first kappa shape index (κ1) is 24.5. The second kappa shape index (κ2) is 9.54. The number of fused-ring (bicyclic) bond motifs is 1. The van der Waals surface area contributed by atoms with Crippen LogP contribution in [0.3, 0.4) is 0 Å². The van der Waals surface area contributed by atoms with Crippen molar-refractivity contribution in [1.82, 2.24) is 0 Å². The zero-order valence-electron chi connectivity index (χ0n) is 20.1. The van der Waals surface area contributed by atoms with Crippen LogP contribution in [-0.2, 0) is 19.4 Å². The third-order valence-electron chi connectivity index (χ3n) is 6.28. The van der Waals surface area contributed by atoms with E-state index in [-0.39, 0.29) is 28.9 Å². The maximum Gasteiger partial charge on any atom is 0.337 e. The highest BCUT2D eigenvalue weighted by Gasteiger charge is 2.32. The van der Waals surface area contributed by atoms with Gasteiger partial charge < -0.3 is 15.0 Å². The van der Waals surface area contributed by atoms with Gasteiger partial charge in [-0.25, -0.2) is 13.2 Å². The molecule has 1 heterocycles. The van der Waals surface area contributed by atoms with Gasteiger partial charge in [0.15, 0.2) is 9.84 Å². The number of nitrogens with zero attached hydrogens (tertiary/aromatic N) is 1. The molecule has 0 radical (unpaired) electrons. The van der Waals surface area contributed by atoms with Crippen molar-refractivity contribution in [2.24, 2.45) is 0 Å². The Labute approximate surface area is 205 Å². The summed E-state index contributed by atoms with van der Waals surface area (Å²) < 4.78 is 28.4. The van der Waals surface area contributed by atoms with Crippen LogP contribution in [0.1, 0.15) is 42.2 Å². The van der Waals surface area contributed by atoms with Gasteiger partial charge in [-0.2, -0.15) is 0 Å². The maximum absolute atomic E-state index is 12.5. The number of esters is 1. The van der Waals surface area contributed by atoms with E-state index >= 15 is 0 Å². The second-order valence-electron chi connectivity index (χ2n) is 8.81. The molecule has 0 aromatic heterocycles. The predicted octanol–water partition coefficient (Wildman–Crippen LogP) is 4.84. The highest BCUT2D eigenvalue weighted by molar-refractivity contribution is 7.90.